The highest BCUT2D eigenvalue weighted by atomic mass is 32.2. The quantitative estimate of drug-likeness (QED) is 0.635. The van der Waals surface area contributed by atoms with E-state index in [4.69, 9.17) is 5.11 Å². The number of carbonyl (C=O) groups excluding carboxylic acids is 2. The fraction of sp³-hybridized carbons (Fsp3) is 0.727. The predicted octanol–water partition coefficient (Wildman–Crippen LogP) is 0.122. The zero-order valence-corrected chi connectivity index (χ0v) is 12.0. The molecule has 2 unspecified atom stereocenters. The molecule has 0 radical (unpaired) electrons. The number of aldehydes is 1. The Kier molecular flexibility index (Phi) is 13.2. The molecule has 0 spiro atoms. The molecule has 0 bridgehead atoms. The van der Waals surface area contributed by atoms with Crippen LogP contribution in [0.5, 0.6) is 0 Å². The van der Waals surface area contributed by atoms with Gasteiger partial charge in [-0.15, -0.1) is 11.8 Å². The molecule has 1 amide bonds. The van der Waals surface area contributed by atoms with Crippen molar-refractivity contribution in [2.75, 3.05) is 19.8 Å². The van der Waals surface area contributed by atoms with E-state index in [1.165, 1.54) is 11.8 Å². The monoisotopic (exact) mass is 278 g/mol. The van der Waals surface area contributed by atoms with Gasteiger partial charge in [0, 0.05) is 12.2 Å². The van der Waals surface area contributed by atoms with Gasteiger partial charge in [0.15, 0.2) is 0 Å². The van der Waals surface area contributed by atoms with Gasteiger partial charge in [-0.2, -0.15) is 0 Å². The Labute approximate surface area is 112 Å². The first-order valence-corrected chi connectivity index (χ1v) is 6.78. The van der Waals surface area contributed by atoms with Crippen molar-refractivity contribution in [1.82, 2.24) is 10.6 Å². The molecular formula is C11H22N2O4S. The highest BCUT2D eigenvalue weighted by molar-refractivity contribution is 8.00. The van der Waals surface area contributed by atoms with E-state index in [1.807, 2.05) is 27.9 Å². The Hall–Kier alpha value is -1.08. The molecule has 1 heterocycles. The van der Waals surface area contributed by atoms with Gasteiger partial charge >= 0.3 is 5.97 Å². The minimum Gasteiger partial charge on any atom is -0.480 e. The van der Waals surface area contributed by atoms with Crippen molar-refractivity contribution in [2.24, 2.45) is 0 Å². The summed E-state index contributed by atoms with van der Waals surface area (Å²) >= 11 is 1.21. The van der Waals surface area contributed by atoms with Crippen molar-refractivity contribution in [3.63, 3.8) is 0 Å². The van der Waals surface area contributed by atoms with Crippen LogP contribution in [0.1, 0.15) is 20.3 Å². The van der Waals surface area contributed by atoms with Gasteiger partial charge in [0.1, 0.15) is 12.3 Å². The van der Waals surface area contributed by atoms with Crippen LogP contribution in [0.15, 0.2) is 0 Å². The number of carbonyl (C=O) groups is 3. The Morgan fingerprint density at radius 1 is 1.56 bits per heavy atom. The Bertz CT molecular complexity index is 261. The average molecular weight is 278 g/mol. The van der Waals surface area contributed by atoms with Gasteiger partial charge in [0.05, 0.1) is 5.25 Å². The maximum Gasteiger partial charge on any atom is 0.327 e. The summed E-state index contributed by atoms with van der Waals surface area (Å²) < 4.78 is 0. The highest BCUT2D eigenvalue weighted by Gasteiger charge is 2.31. The number of nitrogens with one attached hydrogen (secondary N) is 2. The molecule has 1 aliphatic heterocycles. The molecule has 2 atom stereocenters. The van der Waals surface area contributed by atoms with Crippen LogP contribution in [-0.4, -0.2) is 54.4 Å². The molecular weight excluding hydrogens is 256 g/mol. The molecule has 0 saturated carbocycles. The zero-order valence-electron chi connectivity index (χ0n) is 11.2. The number of amides is 1. The second-order valence-electron chi connectivity index (χ2n) is 3.12. The SMILES string of the molecule is CC.CNC.O=CCC1SCC(C(=O)O)NC1=O. The van der Waals surface area contributed by atoms with Gasteiger partial charge in [-0.3, -0.25) is 4.79 Å². The summed E-state index contributed by atoms with van der Waals surface area (Å²) in [5, 5.41) is 13.2. The summed E-state index contributed by atoms with van der Waals surface area (Å²) in [6.45, 7) is 4.00. The summed E-state index contributed by atoms with van der Waals surface area (Å²) in [4.78, 5) is 31.7. The Morgan fingerprint density at radius 2 is 2.06 bits per heavy atom. The van der Waals surface area contributed by atoms with Crippen molar-refractivity contribution in [1.29, 1.82) is 0 Å². The number of carboxylic acids is 1. The summed E-state index contributed by atoms with van der Waals surface area (Å²) in [5.41, 5.74) is 0. The van der Waals surface area contributed by atoms with Crippen LogP contribution in [-0.2, 0) is 14.4 Å². The number of carboxylic acid groups (broad SMARTS) is 1. The van der Waals surface area contributed by atoms with Crippen LogP contribution >= 0.6 is 11.8 Å². The second kappa shape index (κ2) is 12.4. The molecule has 1 saturated heterocycles. The predicted molar refractivity (Wildman–Crippen MR) is 72.8 cm³/mol. The van der Waals surface area contributed by atoms with Crippen LogP contribution in [0.2, 0.25) is 0 Å². The molecule has 0 aliphatic carbocycles. The minimum atomic E-state index is -1.04. The summed E-state index contributed by atoms with van der Waals surface area (Å²) in [6.07, 6.45) is 0.807. The maximum atomic E-state index is 11.1. The van der Waals surface area contributed by atoms with Gasteiger partial charge < -0.3 is 20.5 Å². The lowest BCUT2D eigenvalue weighted by Crippen LogP contribution is -2.50. The van der Waals surface area contributed by atoms with Crippen LogP contribution < -0.4 is 10.6 Å². The third kappa shape index (κ3) is 8.08. The number of thioether (sulfide) groups is 1. The van der Waals surface area contributed by atoms with Crippen LogP contribution in [0.4, 0.5) is 0 Å². The van der Waals surface area contributed by atoms with Gasteiger partial charge in [-0.25, -0.2) is 4.79 Å². The van der Waals surface area contributed by atoms with E-state index in [1.54, 1.807) is 0 Å². The van der Waals surface area contributed by atoms with Gasteiger partial charge in [0.25, 0.3) is 0 Å². The number of rotatable bonds is 3. The van der Waals surface area contributed by atoms with E-state index in [0.29, 0.717) is 12.0 Å². The minimum absolute atomic E-state index is 0.142. The van der Waals surface area contributed by atoms with Crippen LogP contribution in [0, 0.1) is 0 Å². The van der Waals surface area contributed by atoms with E-state index >= 15 is 0 Å². The molecule has 7 heteroatoms. The largest absolute Gasteiger partial charge is 0.480 e. The number of hydrogen-bond donors (Lipinski definition) is 3. The van der Waals surface area contributed by atoms with Crippen molar-refractivity contribution in [3.05, 3.63) is 0 Å². The summed E-state index contributed by atoms with van der Waals surface area (Å²) in [6, 6.07) is -0.819. The smallest absolute Gasteiger partial charge is 0.327 e. The molecule has 0 aromatic rings. The highest BCUT2D eigenvalue weighted by Crippen LogP contribution is 2.19. The molecule has 0 aromatic carbocycles. The van der Waals surface area contributed by atoms with Crippen molar-refractivity contribution in [3.8, 4) is 0 Å². The number of hydrogen-bond acceptors (Lipinski definition) is 5. The van der Waals surface area contributed by atoms with E-state index in [9.17, 15) is 14.4 Å². The van der Waals surface area contributed by atoms with Gasteiger partial charge in [0.2, 0.25) is 5.91 Å². The van der Waals surface area contributed by atoms with E-state index < -0.39 is 17.3 Å². The first-order chi connectivity index (χ1) is 8.56. The Morgan fingerprint density at radius 3 is 2.39 bits per heavy atom. The molecule has 1 rings (SSSR count). The molecule has 3 N–H and O–H groups in total. The van der Waals surface area contributed by atoms with E-state index in [0.717, 1.165) is 0 Å². The summed E-state index contributed by atoms with van der Waals surface area (Å²) in [7, 11) is 3.75. The lowest BCUT2D eigenvalue weighted by molar-refractivity contribution is -0.141. The number of aliphatic carboxylic acids is 1. The van der Waals surface area contributed by atoms with E-state index in [2.05, 4.69) is 10.6 Å². The molecule has 106 valence electrons. The Balaban J connectivity index is 0. The topological polar surface area (TPSA) is 95.5 Å². The van der Waals surface area contributed by atoms with Crippen molar-refractivity contribution >= 4 is 29.9 Å². The zero-order chi connectivity index (χ0) is 14.6. The second-order valence-corrected chi connectivity index (χ2v) is 4.36. The fourth-order valence-corrected chi connectivity index (χ4v) is 2.07. The van der Waals surface area contributed by atoms with Gasteiger partial charge in [-0.05, 0) is 14.1 Å². The van der Waals surface area contributed by atoms with E-state index in [-0.39, 0.29) is 12.3 Å². The first-order valence-electron chi connectivity index (χ1n) is 5.73. The first kappa shape index (κ1) is 19.3. The third-order valence-corrected chi connectivity index (χ3v) is 3.02. The van der Waals surface area contributed by atoms with Crippen molar-refractivity contribution < 1.29 is 19.5 Å². The molecule has 1 fully saturated rings. The fourth-order valence-electron chi connectivity index (χ4n) is 0.990. The molecule has 1 aliphatic rings. The van der Waals surface area contributed by atoms with Crippen molar-refractivity contribution in [2.45, 2.75) is 31.6 Å². The normalized spacial score (nSPS) is 21.4. The molecule has 18 heavy (non-hydrogen) atoms. The van der Waals surface area contributed by atoms with Gasteiger partial charge in [-0.1, -0.05) is 13.8 Å². The molecule has 6 nitrogen and oxygen atoms in total. The lowest BCUT2D eigenvalue weighted by Gasteiger charge is -2.24. The molecule has 0 aromatic heterocycles. The standard InChI is InChI=1S/C7H9NO4S.C2H7N.C2H6/c9-2-1-5-6(10)8-4(3-13-5)7(11)12;1-3-2;1-2/h2,4-5H,1,3H2,(H,8,10)(H,11,12);3H,1-2H3;1-2H3. The average Bonchev–Trinajstić information content (AvgIpc) is 2.35. The van der Waals surface area contributed by atoms with Crippen LogP contribution in [0.3, 0.4) is 0 Å². The van der Waals surface area contributed by atoms with Crippen LogP contribution in [0.25, 0.3) is 0 Å². The summed E-state index contributed by atoms with van der Waals surface area (Å²) in [5.74, 6) is -1.08. The maximum absolute atomic E-state index is 11.1. The lowest BCUT2D eigenvalue weighted by atomic mass is 10.2. The third-order valence-electron chi connectivity index (χ3n) is 1.68.